The average molecular weight is 409 g/mol. The second kappa shape index (κ2) is 11.7. The maximum atomic E-state index is 13.3. The molecule has 1 unspecified atom stereocenters. The van der Waals surface area contributed by atoms with Gasteiger partial charge in [-0.15, -0.1) is 0 Å². The minimum absolute atomic E-state index is 0.116. The van der Waals surface area contributed by atoms with Gasteiger partial charge in [0, 0.05) is 31.5 Å². The Balaban J connectivity index is 1.56. The van der Waals surface area contributed by atoms with Crippen LogP contribution in [0.1, 0.15) is 49.3 Å². The molecule has 1 heterocycles. The number of halogens is 1. The van der Waals surface area contributed by atoms with Crippen LogP contribution in [-0.2, 0) is 0 Å². The van der Waals surface area contributed by atoms with E-state index in [0.29, 0.717) is 0 Å². The number of rotatable bonds is 8. The third kappa shape index (κ3) is 7.48. The van der Waals surface area contributed by atoms with Crippen molar-refractivity contribution in [1.82, 2.24) is 9.80 Å². The molecule has 3 rings (SSSR count). The van der Waals surface area contributed by atoms with Crippen molar-refractivity contribution >= 4 is 0 Å². The van der Waals surface area contributed by atoms with Gasteiger partial charge in [-0.3, -0.25) is 0 Å². The normalized spacial score (nSPS) is 15.5. The van der Waals surface area contributed by atoms with Gasteiger partial charge < -0.3 is 14.5 Å². The van der Waals surface area contributed by atoms with Gasteiger partial charge in [-0.2, -0.15) is 0 Å². The van der Waals surface area contributed by atoms with E-state index in [1.165, 1.54) is 44.5 Å². The van der Waals surface area contributed by atoms with Gasteiger partial charge in [0.15, 0.2) is 0 Å². The van der Waals surface area contributed by atoms with Gasteiger partial charge in [-0.05, 0) is 82.0 Å². The lowest BCUT2D eigenvalue weighted by molar-refractivity contribution is 0.179. The summed E-state index contributed by atoms with van der Waals surface area (Å²) in [5.41, 5.74) is 1.99. The van der Waals surface area contributed by atoms with Gasteiger partial charge in [0.05, 0.1) is 0 Å². The van der Waals surface area contributed by atoms with Crippen molar-refractivity contribution in [2.24, 2.45) is 0 Å². The van der Waals surface area contributed by atoms with E-state index in [1.54, 1.807) is 12.1 Å². The average Bonchev–Trinajstić information content (AvgIpc) is 2.76. The summed E-state index contributed by atoms with van der Waals surface area (Å²) in [5, 5.41) is 0. The molecule has 0 aliphatic carbocycles. The first-order valence-corrected chi connectivity index (χ1v) is 11.0. The maximum Gasteiger partial charge on any atom is 0.125 e. The Kier molecular flexibility index (Phi) is 8.74. The Bertz CT molecular complexity index is 815. The minimum atomic E-state index is -0.228. The van der Waals surface area contributed by atoms with Crippen LogP contribution in [0.4, 0.5) is 4.39 Å². The number of hydrogen-bond acceptors (Lipinski definition) is 3. The second-order valence-corrected chi connectivity index (χ2v) is 8.23. The topological polar surface area (TPSA) is 15.7 Å². The molecule has 1 saturated heterocycles. The van der Waals surface area contributed by atoms with Crippen molar-refractivity contribution in [3.63, 3.8) is 0 Å². The fraction of sp³-hybridized carbons (Fsp3) is 0.462. The first-order chi connectivity index (χ1) is 14.6. The zero-order valence-electron chi connectivity index (χ0n) is 18.2. The van der Waals surface area contributed by atoms with Gasteiger partial charge in [0.1, 0.15) is 17.7 Å². The zero-order valence-corrected chi connectivity index (χ0v) is 18.2. The van der Waals surface area contributed by atoms with E-state index in [1.807, 2.05) is 38.4 Å². The van der Waals surface area contributed by atoms with Crippen molar-refractivity contribution in [2.45, 2.75) is 38.2 Å². The van der Waals surface area contributed by atoms with E-state index in [-0.39, 0.29) is 11.9 Å². The molecule has 30 heavy (non-hydrogen) atoms. The molecule has 0 aromatic heterocycles. The molecule has 2 aromatic rings. The molecule has 4 heteroatoms. The molecule has 1 aliphatic rings. The SMILES string of the molecule is CN(C)CCC(Oc1ccc(C#CCCN2CCCCC2)cc1)c1ccc(F)cc1. The number of piperidine rings is 1. The van der Waals surface area contributed by atoms with Crippen LogP contribution >= 0.6 is 0 Å². The number of nitrogens with zero attached hydrogens (tertiary/aromatic N) is 2. The Morgan fingerprint density at radius 3 is 2.37 bits per heavy atom. The van der Waals surface area contributed by atoms with Crippen LogP contribution in [0.2, 0.25) is 0 Å². The summed E-state index contributed by atoms with van der Waals surface area (Å²) >= 11 is 0. The summed E-state index contributed by atoms with van der Waals surface area (Å²) in [6, 6.07) is 14.6. The molecular weight excluding hydrogens is 375 g/mol. The van der Waals surface area contributed by atoms with Crippen LogP contribution < -0.4 is 4.74 Å². The minimum Gasteiger partial charge on any atom is -0.486 e. The maximum absolute atomic E-state index is 13.3. The van der Waals surface area contributed by atoms with Gasteiger partial charge in [0.2, 0.25) is 0 Å². The summed E-state index contributed by atoms with van der Waals surface area (Å²) in [5.74, 6) is 7.14. The molecule has 2 aromatic carbocycles. The van der Waals surface area contributed by atoms with Gasteiger partial charge in [0.25, 0.3) is 0 Å². The highest BCUT2D eigenvalue weighted by Crippen LogP contribution is 2.25. The molecule has 160 valence electrons. The molecular formula is C26H33FN2O. The Hall–Kier alpha value is -2.35. The summed E-state index contributed by atoms with van der Waals surface area (Å²) in [6.45, 7) is 4.40. The lowest BCUT2D eigenvalue weighted by Crippen LogP contribution is -2.30. The number of benzene rings is 2. The highest BCUT2D eigenvalue weighted by Gasteiger charge is 2.14. The fourth-order valence-electron chi connectivity index (χ4n) is 3.69. The Morgan fingerprint density at radius 2 is 1.70 bits per heavy atom. The van der Waals surface area contributed by atoms with E-state index in [2.05, 4.69) is 21.6 Å². The Morgan fingerprint density at radius 1 is 1.00 bits per heavy atom. The number of hydrogen-bond donors (Lipinski definition) is 0. The van der Waals surface area contributed by atoms with Crippen molar-refractivity contribution in [3.8, 4) is 17.6 Å². The first kappa shape index (κ1) is 22.3. The van der Waals surface area contributed by atoms with E-state index in [4.69, 9.17) is 4.74 Å². The quantitative estimate of drug-likeness (QED) is 0.564. The molecule has 1 aliphatic heterocycles. The molecule has 0 spiro atoms. The van der Waals surface area contributed by atoms with Crippen LogP contribution in [0, 0.1) is 17.7 Å². The molecule has 1 atom stereocenters. The lowest BCUT2D eigenvalue weighted by atomic mass is 10.1. The van der Waals surface area contributed by atoms with E-state index < -0.39 is 0 Å². The molecule has 0 saturated carbocycles. The van der Waals surface area contributed by atoms with E-state index >= 15 is 0 Å². The molecule has 0 bridgehead atoms. The predicted octanol–water partition coefficient (Wildman–Crippen LogP) is 5.13. The third-order valence-electron chi connectivity index (χ3n) is 5.45. The van der Waals surface area contributed by atoms with Crippen LogP contribution in [0.25, 0.3) is 0 Å². The second-order valence-electron chi connectivity index (χ2n) is 8.23. The summed E-state index contributed by atoms with van der Waals surface area (Å²) < 4.78 is 19.6. The molecule has 1 fully saturated rings. The number of ether oxygens (including phenoxy) is 1. The first-order valence-electron chi connectivity index (χ1n) is 11.0. The highest BCUT2D eigenvalue weighted by atomic mass is 19.1. The summed E-state index contributed by atoms with van der Waals surface area (Å²) in [6.07, 6.45) is 5.64. The highest BCUT2D eigenvalue weighted by molar-refractivity contribution is 5.38. The monoisotopic (exact) mass is 408 g/mol. The Labute approximate surface area is 180 Å². The predicted molar refractivity (Wildman–Crippen MR) is 121 cm³/mol. The van der Waals surface area contributed by atoms with Crippen LogP contribution in [0.15, 0.2) is 48.5 Å². The smallest absolute Gasteiger partial charge is 0.125 e. The molecule has 0 radical (unpaired) electrons. The van der Waals surface area contributed by atoms with Crippen LogP contribution in [0.3, 0.4) is 0 Å². The molecule has 3 nitrogen and oxygen atoms in total. The van der Waals surface area contributed by atoms with Crippen molar-refractivity contribution < 1.29 is 9.13 Å². The van der Waals surface area contributed by atoms with Crippen molar-refractivity contribution in [3.05, 3.63) is 65.5 Å². The van der Waals surface area contributed by atoms with Crippen LogP contribution in [0.5, 0.6) is 5.75 Å². The van der Waals surface area contributed by atoms with E-state index in [0.717, 1.165) is 42.8 Å². The van der Waals surface area contributed by atoms with Gasteiger partial charge >= 0.3 is 0 Å². The van der Waals surface area contributed by atoms with Crippen LogP contribution in [-0.4, -0.2) is 50.1 Å². The third-order valence-corrected chi connectivity index (χ3v) is 5.45. The molecule has 0 amide bonds. The largest absolute Gasteiger partial charge is 0.486 e. The van der Waals surface area contributed by atoms with Gasteiger partial charge in [-0.1, -0.05) is 30.4 Å². The van der Waals surface area contributed by atoms with E-state index in [9.17, 15) is 4.39 Å². The van der Waals surface area contributed by atoms with Crippen molar-refractivity contribution in [1.29, 1.82) is 0 Å². The fourth-order valence-corrected chi connectivity index (χ4v) is 3.69. The number of likely N-dealkylation sites (tertiary alicyclic amines) is 1. The van der Waals surface area contributed by atoms with Gasteiger partial charge in [-0.25, -0.2) is 4.39 Å². The standard InChI is InChI=1S/C26H33FN2O/c1-28(2)21-17-26(23-11-13-24(27)14-12-23)30-25-15-9-22(10-16-25)8-4-7-20-29-18-5-3-6-19-29/h9-16,26H,3,5-7,17-21H2,1-2H3. The summed E-state index contributed by atoms with van der Waals surface area (Å²) in [4.78, 5) is 4.64. The van der Waals surface area contributed by atoms with Crippen molar-refractivity contribution in [2.75, 3.05) is 40.3 Å². The lowest BCUT2D eigenvalue weighted by Gasteiger charge is -2.25. The molecule has 0 N–H and O–H groups in total. The summed E-state index contributed by atoms with van der Waals surface area (Å²) in [7, 11) is 4.08. The zero-order chi connectivity index (χ0) is 21.2.